The van der Waals surface area contributed by atoms with E-state index in [0.29, 0.717) is 11.5 Å². The van der Waals surface area contributed by atoms with Gasteiger partial charge in [-0.25, -0.2) is 18.4 Å². The monoisotopic (exact) mass is 281 g/mol. The molecule has 2 atom stereocenters. The van der Waals surface area contributed by atoms with Crippen molar-refractivity contribution in [1.29, 1.82) is 0 Å². The second-order valence-corrected chi connectivity index (χ2v) is 7.22. The van der Waals surface area contributed by atoms with Crippen LogP contribution in [0.4, 0.5) is 5.82 Å². The van der Waals surface area contributed by atoms with Crippen LogP contribution in [-0.4, -0.2) is 45.7 Å². The van der Waals surface area contributed by atoms with Crippen LogP contribution in [0.1, 0.15) is 6.92 Å². The second kappa shape index (κ2) is 4.16. The molecule has 0 aliphatic carbocycles. The molecule has 1 saturated heterocycles. The number of aromatic nitrogens is 4. The van der Waals surface area contributed by atoms with Crippen LogP contribution < -0.4 is 5.32 Å². The standard InChI is InChI=1S/C11H15N5O2S/c1-7-4-19(17,18)5-9(7)14-10-8-3-16(2)15-11(8)13-6-12-10/h3,6-7,9H,4-5H2,1-2H3,(H,12,13,14,15)/t7-,9+/m0/s1. The summed E-state index contributed by atoms with van der Waals surface area (Å²) in [5.41, 5.74) is 0.605. The molecule has 1 aliphatic heterocycles. The Kier molecular flexibility index (Phi) is 2.70. The highest BCUT2D eigenvalue weighted by atomic mass is 32.2. The van der Waals surface area contributed by atoms with Crippen LogP contribution in [0.2, 0.25) is 0 Å². The van der Waals surface area contributed by atoms with Crippen LogP contribution in [0.25, 0.3) is 11.0 Å². The van der Waals surface area contributed by atoms with Gasteiger partial charge in [0.05, 0.1) is 16.9 Å². The van der Waals surface area contributed by atoms with Crippen molar-refractivity contribution in [3.05, 3.63) is 12.5 Å². The van der Waals surface area contributed by atoms with E-state index in [2.05, 4.69) is 20.4 Å². The molecule has 1 fully saturated rings. The zero-order valence-electron chi connectivity index (χ0n) is 10.7. The van der Waals surface area contributed by atoms with E-state index in [1.165, 1.54) is 6.33 Å². The summed E-state index contributed by atoms with van der Waals surface area (Å²) >= 11 is 0. The lowest BCUT2D eigenvalue weighted by Gasteiger charge is -2.16. The molecule has 0 saturated carbocycles. The molecule has 0 amide bonds. The summed E-state index contributed by atoms with van der Waals surface area (Å²) in [5, 5.41) is 8.23. The van der Waals surface area contributed by atoms with E-state index >= 15 is 0 Å². The van der Waals surface area contributed by atoms with Gasteiger partial charge in [-0.15, -0.1) is 0 Å². The van der Waals surface area contributed by atoms with Gasteiger partial charge in [-0.1, -0.05) is 6.92 Å². The minimum atomic E-state index is -2.94. The zero-order chi connectivity index (χ0) is 13.6. The lowest BCUT2D eigenvalue weighted by Crippen LogP contribution is -2.26. The van der Waals surface area contributed by atoms with Crippen molar-refractivity contribution in [2.24, 2.45) is 13.0 Å². The van der Waals surface area contributed by atoms with E-state index in [0.717, 1.165) is 5.39 Å². The second-order valence-electron chi connectivity index (χ2n) is 5.07. The number of hydrogen-bond donors (Lipinski definition) is 1. The van der Waals surface area contributed by atoms with Gasteiger partial charge in [0, 0.05) is 19.3 Å². The molecule has 19 heavy (non-hydrogen) atoms. The lowest BCUT2D eigenvalue weighted by atomic mass is 10.1. The van der Waals surface area contributed by atoms with E-state index in [-0.39, 0.29) is 23.5 Å². The molecule has 0 aromatic carbocycles. The number of anilines is 1. The Morgan fingerprint density at radius 2 is 2.16 bits per heavy atom. The van der Waals surface area contributed by atoms with Crippen LogP contribution in [0, 0.1) is 5.92 Å². The summed E-state index contributed by atoms with van der Waals surface area (Å²) in [6, 6.07) is -0.108. The summed E-state index contributed by atoms with van der Waals surface area (Å²) in [6.07, 6.45) is 3.26. The van der Waals surface area contributed by atoms with Crippen molar-refractivity contribution >= 4 is 26.7 Å². The molecule has 0 bridgehead atoms. The molecule has 2 aromatic rings. The van der Waals surface area contributed by atoms with Gasteiger partial charge < -0.3 is 5.32 Å². The number of nitrogens with zero attached hydrogens (tertiary/aromatic N) is 4. The number of nitrogens with one attached hydrogen (secondary N) is 1. The fraction of sp³-hybridized carbons (Fsp3) is 0.545. The van der Waals surface area contributed by atoms with Crippen molar-refractivity contribution in [2.45, 2.75) is 13.0 Å². The molecule has 8 heteroatoms. The third-order valence-electron chi connectivity index (χ3n) is 3.39. The van der Waals surface area contributed by atoms with Crippen molar-refractivity contribution in [3.63, 3.8) is 0 Å². The largest absolute Gasteiger partial charge is 0.365 e. The summed E-state index contributed by atoms with van der Waals surface area (Å²) in [6.45, 7) is 1.93. The summed E-state index contributed by atoms with van der Waals surface area (Å²) in [7, 11) is -1.13. The first kappa shape index (κ1) is 12.3. The maximum absolute atomic E-state index is 11.6. The van der Waals surface area contributed by atoms with E-state index in [4.69, 9.17) is 0 Å². The molecule has 1 N–H and O–H groups in total. The fourth-order valence-corrected chi connectivity index (χ4v) is 4.58. The molecule has 0 spiro atoms. The Morgan fingerprint density at radius 1 is 1.37 bits per heavy atom. The molecule has 2 aromatic heterocycles. The smallest absolute Gasteiger partial charge is 0.186 e. The van der Waals surface area contributed by atoms with Crippen molar-refractivity contribution in [3.8, 4) is 0 Å². The van der Waals surface area contributed by atoms with Gasteiger partial charge in [-0.2, -0.15) is 5.10 Å². The predicted octanol–water partition coefficient (Wildman–Crippen LogP) is 0.208. The number of hydrogen-bond acceptors (Lipinski definition) is 6. The molecule has 3 heterocycles. The minimum absolute atomic E-state index is 0.0756. The van der Waals surface area contributed by atoms with E-state index in [1.807, 2.05) is 20.2 Å². The molecular formula is C11H15N5O2S. The van der Waals surface area contributed by atoms with Crippen LogP contribution in [-0.2, 0) is 16.9 Å². The molecular weight excluding hydrogens is 266 g/mol. The first-order chi connectivity index (χ1) is 8.94. The molecule has 3 rings (SSSR count). The van der Waals surface area contributed by atoms with Crippen LogP contribution in [0.15, 0.2) is 12.5 Å². The molecule has 0 unspecified atom stereocenters. The Hall–Kier alpha value is -1.70. The third kappa shape index (κ3) is 2.27. The van der Waals surface area contributed by atoms with Crippen molar-refractivity contribution in [2.75, 3.05) is 16.8 Å². The highest BCUT2D eigenvalue weighted by Crippen LogP contribution is 2.25. The Labute approximate surface area is 111 Å². The molecule has 0 radical (unpaired) electrons. The highest BCUT2D eigenvalue weighted by molar-refractivity contribution is 7.91. The third-order valence-corrected chi connectivity index (χ3v) is 5.29. The number of rotatable bonds is 2. The Morgan fingerprint density at radius 3 is 2.84 bits per heavy atom. The number of sulfone groups is 1. The van der Waals surface area contributed by atoms with Gasteiger partial charge in [-0.3, -0.25) is 4.68 Å². The number of aryl methyl sites for hydroxylation is 1. The minimum Gasteiger partial charge on any atom is -0.365 e. The van der Waals surface area contributed by atoms with Gasteiger partial charge in [0.25, 0.3) is 0 Å². The van der Waals surface area contributed by atoms with Gasteiger partial charge in [0.1, 0.15) is 12.1 Å². The van der Waals surface area contributed by atoms with E-state index in [9.17, 15) is 8.42 Å². The topological polar surface area (TPSA) is 89.8 Å². The summed E-state index contributed by atoms with van der Waals surface area (Å²) in [5.74, 6) is 1.10. The van der Waals surface area contributed by atoms with Gasteiger partial charge in [0.15, 0.2) is 15.5 Å². The first-order valence-corrected chi connectivity index (χ1v) is 7.88. The summed E-state index contributed by atoms with van der Waals surface area (Å²) < 4.78 is 24.9. The molecule has 1 aliphatic rings. The maximum Gasteiger partial charge on any atom is 0.186 e. The van der Waals surface area contributed by atoms with E-state index < -0.39 is 9.84 Å². The van der Waals surface area contributed by atoms with Crippen molar-refractivity contribution in [1.82, 2.24) is 19.7 Å². The predicted molar refractivity (Wildman–Crippen MR) is 71.5 cm³/mol. The SMILES string of the molecule is C[C@H]1CS(=O)(=O)C[C@H]1Nc1ncnc2nn(C)cc12. The zero-order valence-corrected chi connectivity index (χ0v) is 11.6. The average molecular weight is 281 g/mol. The lowest BCUT2D eigenvalue weighted by molar-refractivity contribution is 0.592. The van der Waals surface area contributed by atoms with E-state index in [1.54, 1.807) is 4.68 Å². The van der Waals surface area contributed by atoms with Crippen LogP contribution in [0.3, 0.4) is 0 Å². The van der Waals surface area contributed by atoms with Crippen LogP contribution >= 0.6 is 0 Å². The van der Waals surface area contributed by atoms with Gasteiger partial charge in [-0.05, 0) is 5.92 Å². The first-order valence-electron chi connectivity index (χ1n) is 6.06. The van der Waals surface area contributed by atoms with Crippen LogP contribution in [0.5, 0.6) is 0 Å². The quantitative estimate of drug-likeness (QED) is 0.846. The van der Waals surface area contributed by atoms with Crippen molar-refractivity contribution < 1.29 is 8.42 Å². The molecule has 102 valence electrons. The molecule has 7 nitrogen and oxygen atoms in total. The van der Waals surface area contributed by atoms with Gasteiger partial charge in [0.2, 0.25) is 0 Å². The number of fused-ring (bicyclic) bond motifs is 1. The summed E-state index contributed by atoms with van der Waals surface area (Å²) in [4.78, 5) is 8.28. The maximum atomic E-state index is 11.6. The fourth-order valence-electron chi connectivity index (χ4n) is 2.45. The Bertz CT molecular complexity index is 724. The highest BCUT2D eigenvalue weighted by Gasteiger charge is 2.35. The Balaban J connectivity index is 1.94. The normalized spacial score (nSPS) is 25.8. The average Bonchev–Trinajstić information content (AvgIpc) is 2.79. The van der Waals surface area contributed by atoms with Gasteiger partial charge >= 0.3 is 0 Å².